The Balaban J connectivity index is 1.99. The summed E-state index contributed by atoms with van der Waals surface area (Å²) in [6.45, 7) is 2.92. The van der Waals surface area contributed by atoms with Crippen molar-refractivity contribution in [3.63, 3.8) is 0 Å². The van der Waals surface area contributed by atoms with E-state index in [1.807, 2.05) is 0 Å². The first-order valence-corrected chi connectivity index (χ1v) is 8.45. The molecule has 0 atom stereocenters. The summed E-state index contributed by atoms with van der Waals surface area (Å²) in [6.07, 6.45) is 0. The Labute approximate surface area is 131 Å². The maximum atomic E-state index is 11.8. The molecular weight excluding hydrogens is 310 g/mol. The Morgan fingerprint density at radius 3 is 1.82 bits per heavy atom. The van der Waals surface area contributed by atoms with Gasteiger partial charge in [0.25, 0.3) is 10.1 Å². The van der Waals surface area contributed by atoms with Gasteiger partial charge in [-0.25, -0.2) is 0 Å². The van der Waals surface area contributed by atoms with Crippen LogP contribution in [0.5, 0.6) is 0 Å². The molecule has 0 saturated heterocycles. The normalized spacial score (nSPS) is 11.7. The van der Waals surface area contributed by atoms with Crippen molar-refractivity contribution in [2.75, 3.05) is 52.8 Å². The van der Waals surface area contributed by atoms with Crippen molar-refractivity contribution in [2.24, 2.45) is 5.73 Å². The number of benzene rings is 1. The third-order valence-electron chi connectivity index (χ3n) is 2.50. The van der Waals surface area contributed by atoms with E-state index in [4.69, 9.17) is 24.1 Å². The molecule has 0 bridgehead atoms. The van der Waals surface area contributed by atoms with Gasteiger partial charge in [-0.15, -0.1) is 0 Å². The van der Waals surface area contributed by atoms with Crippen LogP contribution in [0, 0.1) is 0 Å². The molecule has 7 nitrogen and oxygen atoms in total. The van der Waals surface area contributed by atoms with E-state index in [0.29, 0.717) is 39.6 Å². The fourth-order valence-electron chi connectivity index (χ4n) is 1.48. The third kappa shape index (κ3) is 8.42. The lowest BCUT2D eigenvalue weighted by Crippen LogP contribution is -2.15. The predicted octanol–water partition coefficient (Wildman–Crippen LogP) is 0.400. The molecule has 1 rings (SSSR count). The van der Waals surface area contributed by atoms with Crippen LogP contribution in [0.3, 0.4) is 0 Å². The standard InChI is InChI=1S/C14H23NO6S/c15-6-7-18-8-9-19-10-11-20-12-13-21-22(16,17)14-4-2-1-3-5-14/h1-5H,6-13,15H2. The van der Waals surface area contributed by atoms with Gasteiger partial charge in [-0.2, -0.15) is 8.42 Å². The molecule has 126 valence electrons. The van der Waals surface area contributed by atoms with Gasteiger partial charge in [0.2, 0.25) is 0 Å². The average molecular weight is 333 g/mol. The number of hydrogen-bond acceptors (Lipinski definition) is 7. The maximum absolute atomic E-state index is 11.8. The van der Waals surface area contributed by atoms with Gasteiger partial charge in [-0.3, -0.25) is 4.18 Å². The summed E-state index contributed by atoms with van der Waals surface area (Å²) in [5.74, 6) is 0. The van der Waals surface area contributed by atoms with E-state index in [2.05, 4.69) is 0 Å². The van der Waals surface area contributed by atoms with Crippen LogP contribution in [0.15, 0.2) is 35.2 Å². The van der Waals surface area contributed by atoms with Crippen molar-refractivity contribution in [3.8, 4) is 0 Å². The lowest BCUT2D eigenvalue weighted by molar-refractivity contribution is 0.0109. The molecule has 0 spiro atoms. The molecule has 0 aliphatic carbocycles. The quantitative estimate of drug-likeness (QED) is 0.412. The van der Waals surface area contributed by atoms with Crippen molar-refractivity contribution in [1.29, 1.82) is 0 Å². The lowest BCUT2D eigenvalue weighted by atomic mass is 10.4. The molecule has 8 heteroatoms. The number of hydrogen-bond donors (Lipinski definition) is 1. The van der Waals surface area contributed by atoms with Crippen LogP contribution < -0.4 is 5.73 Å². The van der Waals surface area contributed by atoms with Crippen LogP contribution in [0.25, 0.3) is 0 Å². The summed E-state index contributed by atoms with van der Waals surface area (Å²) in [5.41, 5.74) is 5.26. The van der Waals surface area contributed by atoms with E-state index < -0.39 is 10.1 Å². The molecule has 0 aliphatic heterocycles. The Hall–Kier alpha value is -1.03. The summed E-state index contributed by atoms with van der Waals surface area (Å²) >= 11 is 0. The molecule has 1 aromatic rings. The van der Waals surface area contributed by atoms with Crippen LogP contribution >= 0.6 is 0 Å². The second-order valence-electron chi connectivity index (χ2n) is 4.21. The van der Waals surface area contributed by atoms with Gasteiger partial charge in [-0.05, 0) is 12.1 Å². The van der Waals surface area contributed by atoms with Crippen LogP contribution in [0.1, 0.15) is 0 Å². The first-order valence-electron chi connectivity index (χ1n) is 7.04. The van der Waals surface area contributed by atoms with Crippen molar-refractivity contribution < 1.29 is 26.8 Å². The molecule has 0 aromatic heterocycles. The topological polar surface area (TPSA) is 97.1 Å². The lowest BCUT2D eigenvalue weighted by Gasteiger charge is -2.07. The molecule has 0 unspecified atom stereocenters. The largest absolute Gasteiger partial charge is 0.378 e. The van der Waals surface area contributed by atoms with E-state index in [9.17, 15) is 8.42 Å². The van der Waals surface area contributed by atoms with E-state index in [-0.39, 0.29) is 18.1 Å². The van der Waals surface area contributed by atoms with Crippen LogP contribution in [-0.2, 0) is 28.5 Å². The molecular formula is C14H23NO6S. The average Bonchev–Trinajstić information content (AvgIpc) is 2.53. The number of rotatable bonds is 13. The highest BCUT2D eigenvalue weighted by Gasteiger charge is 2.13. The number of ether oxygens (including phenoxy) is 3. The van der Waals surface area contributed by atoms with Crippen molar-refractivity contribution in [1.82, 2.24) is 0 Å². The predicted molar refractivity (Wildman–Crippen MR) is 81.1 cm³/mol. The molecule has 0 aliphatic rings. The summed E-state index contributed by atoms with van der Waals surface area (Å²) in [5, 5.41) is 0. The Morgan fingerprint density at radius 1 is 0.773 bits per heavy atom. The smallest absolute Gasteiger partial charge is 0.297 e. The minimum absolute atomic E-state index is 0.0309. The highest BCUT2D eigenvalue weighted by Crippen LogP contribution is 2.10. The fourth-order valence-corrected chi connectivity index (χ4v) is 2.40. The number of nitrogens with two attached hydrogens (primary N) is 1. The van der Waals surface area contributed by atoms with Crippen LogP contribution in [-0.4, -0.2) is 61.2 Å². The van der Waals surface area contributed by atoms with Crippen LogP contribution in [0.4, 0.5) is 0 Å². The zero-order valence-electron chi connectivity index (χ0n) is 12.5. The molecule has 0 amide bonds. The Morgan fingerprint density at radius 2 is 1.27 bits per heavy atom. The summed E-state index contributed by atoms with van der Waals surface area (Å²) in [7, 11) is -3.71. The first-order chi connectivity index (χ1) is 10.7. The fraction of sp³-hybridized carbons (Fsp3) is 0.571. The second-order valence-corrected chi connectivity index (χ2v) is 5.83. The van der Waals surface area contributed by atoms with Gasteiger partial charge >= 0.3 is 0 Å². The van der Waals surface area contributed by atoms with E-state index in [1.54, 1.807) is 18.2 Å². The van der Waals surface area contributed by atoms with Gasteiger partial charge in [-0.1, -0.05) is 18.2 Å². The summed E-state index contributed by atoms with van der Waals surface area (Å²) < 4.78 is 44.0. The van der Waals surface area contributed by atoms with Crippen molar-refractivity contribution in [3.05, 3.63) is 30.3 Å². The third-order valence-corrected chi connectivity index (χ3v) is 3.83. The summed E-state index contributed by atoms with van der Waals surface area (Å²) in [4.78, 5) is 0.135. The monoisotopic (exact) mass is 333 g/mol. The van der Waals surface area contributed by atoms with E-state index >= 15 is 0 Å². The van der Waals surface area contributed by atoms with E-state index in [0.717, 1.165) is 0 Å². The zero-order valence-corrected chi connectivity index (χ0v) is 13.3. The van der Waals surface area contributed by atoms with Crippen LogP contribution in [0.2, 0.25) is 0 Å². The van der Waals surface area contributed by atoms with Gasteiger partial charge in [0.15, 0.2) is 0 Å². The van der Waals surface area contributed by atoms with Gasteiger partial charge < -0.3 is 19.9 Å². The van der Waals surface area contributed by atoms with Gasteiger partial charge in [0.1, 0.15) is 0 Å². The summed E-state index contributed by atoms with van der Waals surface area (Å²) in [6, 6.07) is 7.99. The van der Waals surface area contributed by atoms with E-state index in [1.165, 1.54) is 12.1 Å². The minimum Gasteiger partial charge on any atom is -0.378 e. The molecule has 0 radical (unpaired) electrons. The van der Waals surface area contributed by atoms with Gasteiger partial charge in [0, 0.05) is 6.54 Å². The first kappa shape index (κ1) is 19.0. The molecule has 1 aromatic carbocycles. The molecule has 0 fully saturated rings. The highest BCUT2D eigenvalue weighted by molar-refractivity contribution is 7.86. The second kappa shape index (κ2) is 11.5. The van der Waals surface area contributed by atoms with Gasteiger partial charge in [0.05, 0.1) is 51.1 Å². The van der Waals surface area contributed by atoms with Crippen molar-refractivity contribution in [2.45, 2.75) is 4.90 Å². The zero-order chi connectivity index (χ0) is 16.1. The molecule has 0 saturated carbocycles. The molecule has 0 heterocycles. The molecule has 2 N–H and O–H groups in total. The Kier molecular flexibility index (Phi) is 9.96. The Bertz CT molecular complexity index is 479. The maximum Gasteiger partial charge on any atom is 0.297 e. The molecule has 22 heavy (non-hydrogen) atoms. The minimum atomic E-state index is -3.71. The SMILES string of the molecule is NCCOCCOCCOCCOS(=O)(=O)c1ccccc1. The van der Waals surface area contributed by atoms with Crippen molar-refractivity contribution >= 4 is 10.1 Å². The highest BCUT2D eigenvalue weighted by atomic mass is 32.2.